The van der Waals surface area contributed by atoms with Crippen LogP contribution in [-0.2, 0) is 27.2 Å². The second-order valence-corrected chi connectivity index (χ2v) is 10.8. The van der Waals surface area contributed by atoms with Crippen LogP contribution in [0.3, 0.4) is 0 Å². The number of hydrogen-bond acceptors (Lipinski definition) is 8. The fraction of sp³-hybridized carbons (Fsp3) is 0.375. The van der Waals surface area contributed by atoms with Gasteiger partial charge >= 0.3 is 0 Å². The Morgan fingerprint density at radius 1 is 1.05 bits per heavy atom. The van der Waals surface area contributed by atoms with Gasteiger partial charge in [-0.1, -0.05) is 24.3 Å². The van der Waals surface area contributed by atoms with Crippen molar-refractivity contribution in [2.24, 2.45) is 5.92 Å². The first-order chi connectivity index (χ1) is 20.7. The van der Waals surface area contributed by atoms with Gasteiger partial charge in [0.15, 0.2) is 0 Å². The smallest absolute Gasteiger partial charge is 0.227 e. The summed E-state index contributed by atoms with van der Waals surface area (Å²) in [6.45, 7) is 5.75. The number of nitrogens with one attached hydrogen (secondary N) is 2. The average molecular weight is 568 g/mol. The van der Waals surface area contributed by atoms with Crippen molar-refractivity contribution in [3.05, 3.63) is 72.6 Å². The molecular formula is C32H37N7O3. The van der Waals surface area contributed by atoms with Crippen molar-refractivity contribution >= 4 is 23.2 Å². The van der Waals surface area contributed by atoms with Crippen LogP contribution in [0.1, 0.15) is 18.4 Å². The molecule has 1 aliphatic heterocycles. The van der Waals surface area contributed by atoms with Crippen molar-refractivity contribution in [1.29, 1.82) is 0 Å². The van der Waals surface area contributed by atoms with E-state index in [1.54, 1.807) is 13.3 Å². The average Bonchev–Trinajstić information content (AvgIpc) is 3.80. The van der Waals surface area contributed by atoms with Gasteiger partial charge in [-0.05, 0) is 55.2 Å². The largest absolute Gasteiger partial charge is 0.383 e. The third kappa shape index (κ3) is 7.02. The Labute approximate surface area is 246 Å². The maximum atomic E-state index is 12.2. The highest BCUT2D eigenvalue weighted by atomic mass is 16.5. The van der Waals surface area contributed by atoms with E-state index in [2.05, 4.69) is 43.8 Å². The Kier molecular flexibility index (Phi) is 8.83. The topological polar surface area (TPSA) is 106 Å². The summed E-state index contributed by atoms with van der Waals surface area (Å²) < 4.78 is 12.7. The molecule has 2 fully saturated rings. The number of nitrogens with zero attached hydrogens (tertiary/aromatic N) is 5. The van der Waals surface area contributed by atoms with Crippen molar-refractivity contribution in [3.63, 3.8) is 0 Å². The van der Waals surface area contributed by atoms with Gasteiger partial charge in [0.1, 0.15) is 0 Å². The second-order valence-electron chi connectivity index (χ2n) is 10.8. The molecule has 4 aromatic rings. The number of morpholine rings is 1. The quantitative estimate of drug-likeness (QED) is 0.256. The van der Waals surface area contributed by atoms with Gasteiger partial charge in [-0.25, -0.2) is 9.97 Å². The molecule has 2 aromatic carbocycles. The molecular weight excluding hydrogens is 530 g/mol. The number of amides is 1. The molecule has 10 nitrogen and oxygen atoms in total. The van der Waals surface area contributed by atoms with Gasteiger partial charge in [0.25, 0.3) is 0 Å². The summed E-state index contributed by atoms with van der Waals surface area (Å²) in [7, 11) is 1.68. The van der Waals surface area contributed by atoms with E-state index < -0.39 is 0 Å². The van der Waals surface area contributed by atoms with Crippen LogP contribution < -0.4 is 10.6 Å². The summed E-state index contributed by atoms with van der Waals surface area (Å²) in [6, 6.07) is 18.2. The molecule has 0 unspecified atom stereocenters. The summed E-state index contributed by atoms with van der Waals surface area (Å²) in [4.78, 5) is 24.0. The molecule has 2 N–H and O–H groups in total. The molecule has 3 heterocycles. The van der Waals surface area contributed by atoms with Crippen LogP contribution in [-0.4, -0.2) is 77.1 Å². The van der Waals surface area contributed by atoms with Crippen LogP contribution in [0.15, 0.2) is 67.0 Å². The Bertz CT molecular complexity index is 1490. The predicted molar refractivity (Wildman–Crippen MR) is 163 cm³/mol. The summed E-state index contributed by atoms with van der Waals surface area (Å²) in [5.41, 5.74) is 6.57. The van der Waals surface area contributed by atoms with Crippen LogP contribution >= 0.6 is 0 Å². The molecule has 6 rings (SSSR count). The first kappa shape index (κ1) is 28.0. The Morgan fingerprint density at radius 3 is 2.67 bits per heavy atom. The first-order valence-corrected chi connectivity index (χ1v) is 14.6. The molecule has 1 amide bonds. The lowest BCUT2D eigenvalue weighted by atomic mass is 10.0. The summed E-state index contributed by atoms with van der Waals surface area (Å²) in [5.74, 6) is 0.772. The van der Waals surface area contributed by atoms with E-state index in [-0.39, 0.29) is 11.8 Å². The Hall–Kier alpha value is -4.12. The monoisotopic (exact) mass is 567 g/mol. The third-order valence-corrected chi connectivity index (χ3v) is 7.66. The molecule has 0 atom stereocenters. The number of benzene rings is 2. The lowest BCUT2D eigenvalue weighted by Gasteiger charge is -2.26. The molecule has 10 heteroatoms. The minimum Gasteiger partial charge on any atom is -0.383 e. The molecule has 1 saturated heterocycles. The van der Waals surface area contributed by atoms with Crippen molar-refractivity contribution in [3.8, 4) is 22.5 Å². The van der Waals surface area contributed by atoms with Crippen molar-refractivity contribution in [2.75, 3.05) is 57.2 Å². The number of hydrogen-bond donors (Lipinski definition) is 2. The summed E-state index contributed by atoms with van der Waals surface area (Å²) in [5, 5.41) is 11.1. The van der Waals surface area contributed by atoms with Crippen molar-refractivity contribution < 1.29 is 14.3 Å². The second kappa shape index (κ2) is 13.2. The molecule has 0 radical (unpaired) electrons. The molecule has 218 valence electrons. The maximum absolute atomic E-state index is 12.2. The molecule has 1 saturated carbocycles. The molecule has 2 aliphatic rings. The lowest BCUT2D eigenvalue weighted by molar-refractivity contribution is -0.117. The number of aromatic nitrogens is 4. The molecule has 2 aromatic heterocycles. The highest BCUT2D eigenvalue weighted by molar-refractivity contribution is 5.94. The standard InChI is InChI=1S/C32H37N7O3/c1-41-18-17-39-30(24-7-9-26(10-8-24)35-31(40)25-5-6-25)28(22-34-39)29-11-13-33-32(37-29)36-27-4-2-3-23(21-27)12-14-38-15-19-42-20-16-38/h2-4,7-11,13,21-22,25H,5-6,12,14-20H2,1H3,(H,35,40)(H,33,36,37). The zero-order valence-electron chi connectivity index (χ0n) is 24.0. The van der Waals surface area contributed by atoms with Gasteiger partial charge in [0.2, 0.25) is 11.9 Å². The van der Waals surface area contributed by atoms with Gasteiger partial charge < -0.3 is 20.1 Å². The minimum absolute atomic E-state index is 0.0947. The van der Waals surface area contributed by atoms with Gasteiger partial charge in [-0.3, -0.25) is 14.4 Å². The fourth-order valence-electron chi connectivity index (χ4n) is 5.14. The number of carbonyl (C=O) groups is 1. The number of methoxy groups -OCH3 is 1. The van der Waals surface area contributed by atoms with E-state index in [0.29, 0.717) is 19.1 Å². The fourth-order valence-corrected chi connectivity index (χ4v) is 5.14. The van der Waals surface area contributed by atoms with Gasteiger partial charge in [0, 0.05) is 61.4 Å². The van der Waals surface area contributed by atoms with Crippen LogP contribution in [0.25, 0.3) is 22.5 Å². The van der Waals surface area contributed by atoms with Crippen LogP contribution in [0.2, 0.25) is 0 Å². The zero-order valence-corrected chi connectivity index (χ0v) is 24.0. The molecule has 1 aliphatic carbocycles. The molecule has 0 spiro atoms. The SMILES string of the molecule is COCCn1ncc(-c2ccnc(Nc3cccc(CCN4CCOCC4)c3)n2)c1-c1ccc(NC(=O)C2CC2)cc1. The van der Waals surface area contributed by atoms with E-state index in [1.807, 2.05) is 47.3 Å². The minimum atomic E-state index is 0.0947. The van der Waals surface area contributed by atoms with E-state index in [9.17, 15) is 4.79 Å². The Balaban J connectivity index is 1.20. The number of carbonyl (C=O) groups excluding carboxylic acids is 1. The predicted octanol–water partition coefficient (Wildman–Crippen LogP) is 4.62. The van der Waals surface area contributed by atoms with Gasteiger partial charge in [0.05, 0.1) is 44.0 Å². The van der Waals surface area contributed by atoms with Crippen LogP contribution in [0.4, 0.5) is 17.3 Å². The normalized spacial score (nSPS) is 15.5. The van der Waals surface area contributed by atoms with E-state index in [1.165, 1.54) is 5.56 Å². The summed E-state index contributed by atoms with van der Waals surface area (Å²) >= 11 is 0. The van der Waals surface area contributed by atoms with Crippen LogP contribution in [0, 0.1) is 5.92 Å². The maximum Gasteiger partial charge on any atom is 0.227 e. The zero-order chi connectivity index (χ0) is 28.7. The van der Waals surface area contributed by atoms with Gasteiger partial charge in [-0.2, -0.15) is 5.10 Å². The van der Waals surface area contributed by atoms with Crippen LogP contribution in [0.5, 0.6) is 0 Å². The van der Waals surface area contributed by atoms with E-state index in [4.69, 9.17) is 14.5 Å². The molecule has 42 heavy (non-hydrogen) atoms. The van der Waals surface area contributed by atoms with Crippen molar-refractivity contribution in [2.45, 2.75) is 25.8 Å². The highest BCUT2D eigenvalue weighted by Crippen LogP contribution is 2.33. The summed E-state index contributed by atoms with van der Waals surface area (Å²) in [6.07, 6.45) is 6.53. The number of anilines is 3. The lowest BCUT2D eigenvalue weighted by Crippen LogP contribution is -2.37. The molecule has 0 bridgehead atoms. The first-order valence-electron chi connectivity index (χ1n) is 14.6. The van der Waals surface area contributed by atoms with E-state index in [0.717, 1.165) is 86.0 Å². The third-order valence-electron chi connectivity index (χ3n) is 7.66. The van der Waals surface area contributed by atoms with E-state index >= 15 is 0 Å². The number of ether oxygens (including phenoxy) is 2. The van der Waals surface area contributed by atoms with Crippen molar-refractivity contribution in [1.82, 2.24) is 24.6 Å². The highest BCUT2D eigenvalue weighted by Gasteiger charge is 2.29. The Morgan fingerprint density at radius 2 is 1.88 bits per heavy atom. The van der Waals surface area contributed by atoms with Gasteiger partial charge in [-0.15, -0.1) is 0 Å². The number of rotatable bonds is 12.